The van der Waals surface area contributed by atoms with Crippen LogP contribution in [0.5, 0.6) is 11.5 Å². The molecule has 4 heteroatoms. The lowest BCUT2D eigenvalue weighted by atomic mass is 9.96. The van der Waals surface area contributed by atoms with Crippen molar-refractivity contribution in [2.75, 3.05) is 21.3 Å². The molecule has 0 aromatic heterocycles. The molecule has 0 aliphatic carbocycles. The Balaban J connectivity index is 2.55. The summed E-state index contributed by atoms with van der Waals surface area (Å²) in [7, 11) is 5.27. The highest BCUT2D eigenvalue weighted by molar-refractivity contribution is 9.10. The van der Waals surface area contributed by atoms with Gasteiger partial charge in [-0.2, -0.15) is 0 Å². The van der Waals surface area contributed by atoms with Crippen LogP contribution in [0.4, 0.5) is 0 Å². The van der Waals surface area contributed by atoms with Crippen LogP contribution < -0.4 is 14.8 Å². The second kappa shape index (κ2) is 6.96. The first kappa shape index (κ1) is 15.9. The van der Waals surface area contributed by atoms with Gasteiger partial charge in [0.05, 0.1) is 20.3 Å². The molecule has 0 heterocycles. The van der Waals surface area contributed by atoms with Crippen LogP contribution in [0.2, 0.25) is 0 Å². The zero-order valence-corrected chi connectivity index (χ0v) is 14.3. The van der Waals surface area contributed by atoms with Crippen LogP contribution in [0.25, 0.3) is 0 Å². The van der Waals surface area contributed by atoms with E-state index in [1.807, 2.05) is 19.2 Å². The van der Waals surface area contributed by atoms with Crippen molar-refractivity contribution in [3.05, 3.63) is 57.6 Å². The van der Waals surface area contributed by atoms with E-state index < -0.39 is 0 Å². The topological polar surface area (TPSA) is 30.5 Å². The smallest absolute Gasteiger partial charge is 0.141 e. The number of nitrogens with one attached hydrogen (secondary N) is 1. The van der Waals surface area contributed by atoms with Gasteiger partial charge in [0.2, 0.25) is 0 Å². The van der Waals surface area contributed by atoms with Gasteiger partial charge in [-0.25, -0.2) is 0 Å². The molecule has 21 heavy (non-hydrogen) atoms. The predicted molar refractivity (Wildman–Crippen MR) is 89.3 cm³/mol. The van der Waals surface area contributed by atoms with Crippen molar-refractivity contribution in [1.82, 2.24) is 5.32 Å². The summed E-state index contributed by atoms with van der Waals surface area (Å²) in [6, 6.07) is 12.5. The van der Waals surface area contributed by atoms with Gasteiger partial charge in [-0.05, 0) is 47.6 Å². The first-order chi connectivity index (χ1) is 10.1. The first-order valence-corrected chi connectivity index (χ1v) is 7.55. The molecule has 0 saturated heterocycles. The van der Waals surface area contributed by atoms with Crippen LogP contribution in [-0.2, 0) is 0 Å². The molecule has 112 valence electrons. The fourth-order valence-corrected chi connectivity index (χ4v) is 3.18. The number of hydrogen-bond acceptors (Lipinski definition) is 3. The van der Waals surface area contributed by atoms with Gasteiger partial charge in [-0.1, -0.05) is 29.8 Å². The van der Waals surface area contributed by atoms with Crippen molar-refractivity contribution >= 4 is 15.9 Å². The second-order valence-corrected chi connectivity index (χ2v) is 5.63. The number of methoxy groups -OCH3 is 2. The second-order valence-electron chi connectivity index (χ2n) is 4.84. The van der Waals surface area contributed by atoms with Crippen LogP contribution in [-0.4, -0.2) is 21.3 Å². The molecule has 0 aliphatic heterocycles. The lowest BCUT2D eigenvalue weighted by Crippen LogP contribution is -2.18. The number of hydrogen-bond donors (Lipinski definition) is 1. The summed E-state index contributed by atoms with van der Waals surface area (Å²) < 4.78 is 11.8. The number of benzene rings is 2. The van der Waals surface area contributed by atoms with Gasteiger partial charge in [0.15, 0.2) is 0 Å². The molecular formula is C17H20BrNO2. The zero-order valence-electron chi connectivity index (χ0n) is 12.7. The first-order valence-electron chi connectivity index (χ1n) is 6.76. The van der Waals surface area contributed by atoms with Gasteiger partial charge < -0.3 is 14.8 Å². The fraction of sp³-hybridized carbons (Fsp3) is 0.294. The summed E-state index contributed by atoms with van der Waals surface area (Å²) in [5.41, 5.74) is 3.51. The van der Waals surface area contributed by atoms with Crippen LogP contribution in [0.3, 0.4) is 0 Å². The van der Waals surface area contributed by atoms with E-state index in [2.05, 4.69) is 52.4 Å². The Labute approximate surface area is 134 Å². The summed E-state index contributed by atoms with van der Waals surface area (Å²) in [6.45, 7) is 2.09. The van der Waals surface area contributed by atoms with Gasteiger partial charge >= 0.3 is 0 Å². The van der Waals surface area contributed by atoms with E-state index >= 15 is 0 Å². The van der Waals surface area contributed by atoms with Gasteiger partial charge in [-0.3, -0.25) is 0 Å². The van der Waals surface area contributed by atoms with Crippen molar-refractivity contribution in [3.8, 4) is 11.5 Å². The van der Waals surface area contributed by atoms with Crippen LogP contribution in [0.1, 0.15) is 22.7 Å². The van der Waals surface area contributed by atoms with Crippen LogP contribution in [0.15, 0.2) is 40.9 Å². The van der Waals surface area contributed by atoms with Crippen molar-refractivity contribution < 1.29 is 9.47 Å². The maximum Gasteiger partial charge on any atom is 0.141 e. The molecule has 2 rings (SSSR count). The SMILES string of the molecule is CNC(c1cccc(C)c1)c1ccc(OC)c(Br)c1OC. The molecule has 0 amide bonds. The highest BCUT2D eigenvalue weighted by Gasteiger charge is 2.20. The summed E-state index contributed by atoms with van der Waals surface area (Å²) in [5.74, 6) is 1.55. The molecular weight excluding hydrogens is 330 g/mol. The van der Waals surface area contributed by atoms with Crippen molar-refractivity contribution in [1.29, 1.82) is 0 Å². The number of ether oxygens (including phenoxy) is 2. The third-order valence-electron chi connectivity index (χ3n) is 3.49. The van der Waals surface area contributed by atoms with E-state index in [0.29, 0.717) is 0 Å². The third kappa shape index (κ3) is 3.22. The molecule has 1 atom stereocenters. The van der Waals surface area contributed by atoms with Gasteiger partial charge in [-0.15, -0.1) is 0 Å². The van der Waals surface area contributed by atoms with Crippen molar-refractivity contribution in [3.63, 3.8) is 0 Å². The Morgan fingerprint density at radius 1 is 1.10 bits per heavy atom. The Hall–Kier alpha value is -1.52. The molecule has 0 saturated carbocycles. The maximum atomic E-state index is 5.59. The lowest BCUT2D eigenvalue weighted by molar-refractivity contribution is 0.383. The summed E-state index contributed by atoms with van der Waals surface area (Å²) in [6.07, 6.45) is 0. The highest BCUT2D eigenvalue weighted by Crippen LogP contribution is 2.41. The molecule has 1 N–H and O–H groups in total. The normalized spacial score (nSPS) is 12.0. The van der Waals surface area contributed by atoms with E-state index in [-0.39, 0.29) is 6.04 Å². The summed E-state index contributed by atoms with van der Waals surface area (Å²) in [4.78, 5) is 0. The average Bonchev–Trinajstić information content (AvgIpc) is 2.48. The molecule has 0 fully saturated rings. The molecule has 1 unspecified atom stereocenters. The summed E-state index contributed by atoms with van der Waals surface area (Å²) in [5, 5.41) is 3.36. The molecule has 0 aliphatic rings. The van der Waals surface area contributed by atoms with Gasteiger partial charge in [0.1, 0.15) is 16.0 Å². The van der Waals surface area contributed by atoms with Crippen molar-refractivity contribution in [2.24, 2.45) is 0 Å². The molecule has 3 nitrogen and oxygen atoms in total. The standard InChI is InChI=1S/C17H20BrNO2/c1-11-6-5-7-12(10-11)16(19-2)13-8-9-14(20-3)15(18)17(13)21-4/h5-10,16,19H,1-4H3. The maximum absolute atomic E-state index is 5.59. The Kier molecular flexibility index (Phi) is 5.26. The van der Waals surface area contributed by atoms with E-state index in [4.69, 9.17) is 9.47 Å². The minimum absolute atomic E-state index is 0.0575. The van der Waals surface area contributed by atoms with E-state index in [9.17, 15) is 0 Å². The number of aryl methyl sites for hydroxylation is 1. The molecule has 2 aromatic rings. The Morgan fingerprint density at radius 2 is 1.86 bits per heavy atom. The minimum Gasteiger partial charge on any atom is -0.495 e. The van der Waals surface area contributed by atoms with Crippen LogP contribution >= 0.6 is 15.9 Å². The molecule has 0 radical (unpaired) electrons. The predicted octanol–water partition coefficient (Wildman–Crippen LogP) is 4.08. The van der Waals surface area contributed by atoms with E-state index in [1.54, 1.807) is 14.2 Å². The molecule has 0 spiro atoms. The van der Waals surface area contributed by atoms with E-state index in [0.717, 1.165) is 21.5 Å². The fourth-order valence-electron chi connectivity index (χ4n) is 2.50. The Morgan fingerprint density at radius 3 is 2.43 bits per heavy atom. The van der Waals surface area contributed by atoms with E-state index in [1.165, 1.54) is 11.1 Å². The quantitative estimate of drug-likeness (QED) is 0.881. The van der Waals surface area contributed by atoms with Crippen LogP contribution in [0, 0.1) is 6.92 Å². The lowest BCUT2D eigenvalue weighted by Gasteiger charge is -2.22. The highest BCUT2D eigenvalue weighted by atomic mass is 79.9. The average molecular weight is 350 g/mol. The van der Waals surface area contributed by atoms with Gasteiger partial charge in [0.25, 0.3) is 0 Å². The van der Waals surface area contributed by atoms with Crippen molar-refractivity contribution in [2.45, 2.75) is 13.0 Å². The summed E-state index contributed by atoms with van der Waals surface area (Å²) >= 11 is 3.56. The molecule has 2 aromatic carbocycles. The number of halogens is 1. The Bertz CT molecular complexity index is 628. The van der Waals surface area contributed by atoms with Gasteiger partial charge in [0, 0.05) is 5.56 Å². The zero-order chi connectivity index (χ0) is 15.4. The minimum atomic E-state index is 0.0575. The number of rotatable bonds is 5. The largest absolute Gasteiger partial charge is 0.495 e. The molecule has 0 bridgehead atoms. The third-order valence-corrected chi connectivity index (χ3v) is 4.24. The monoisotopic (exact) mass is 349 g/mol.